The van der Waals surface area contributed by atoms with Gasteiger partial charge in [-0.3, -0.25) is 9.69 Å². The number of ether oxygens (including phenoxy) is 2. The first kappa shape index (κ1) is 23.7. The van der Waals surface area contributed by atoms with Crippen molar-refractivity contribution in [2.75, 3.05) is 45.9 Å². The van der Waals surface area contributed by atoms with Crippen LogP contribution in [0.5, 0.6) is 0 Å². The van der Waals surface area contributed by atoms with E-state index in [0.29, 0.717) is 45.0 Å². The zero-order valence-electron chi connectivity index (χ0n) is 18.0. The molecule has 164 valence electrons. The van der Waals surface area contributed by atoms with E-state index in [1.54, 1.807) is 17.0 Å². The van der Waals surface area contributed by atoms with Crippen LogP contribution in [-0.2, 0) is 9.47 Å². The summed E-state index contributed by atoms with van der Waals surface area (Å²) >= 11 is 0. The van der Waals surface area contributed by atoms with Crippen LogP contribution in [0.25, 0.3) is 0 Å². The molecule has 1 aromatic rings. The van der Waals surface area contributed by atoms with E-state index < -0.39 is 11.9 Å². The molecule has 0 aromatic heterocycles. The van der Waals surface area contributed by atoms with Crippen LogP contribution in [0, 0.1) is 11.7 Å². The lowest BCUT2D eigenvalue weighted by Crippen LogP contribution is -2.51. The van der Waals surface area contributed by atoms with Crippen LogP contribution in [-0.4, -0.2) is 85.1 Å². The number of halogens is 1. The highest BCUT2D eigenvalue weighted by Crippen LogP contribution is 2.14. The standard InChI is InChI=1S/C22H35FN2O4/c1-16(2)11-25(22(27)18-6-5-7-19(23)10-18)14-21-13-24(8-9-28-21)12-20(26)15-29-17(3)4/h5-7,10,16-17,20-21,26H,8-9,11-15H2,1-4H3/t20-,21-/m0/s1. The van der Waals surface area contributed by atoms with Gasteiger partial charge in [-0.1, -0.05) is 19.9 Å². The van der Waals surface area contributed by atoms with Crippen molar-refractivity contribution in [3.05, 3.63) is 35.6 Å². The van der Waals surface area contributed by atoms with E-state index in [0.717, 1.165) is 6.54 Å². The highest BCUT2D eigenvalue weighted by molar-refractivity contribution is 5.94. The van der Waals surface area contributed by atoms with Gasteiger partial charge >= 0.3 is 0 Å². The summed E-state index contributed by atoms with van der Waals surface area (Å²) in [6.45, 7) is 11.7. The Hall–Kier alpha value is -1.54. The molecule has 1 N–H and O–H groups in total. The number of carbonyl (C=O) groups excluding carboxylic acids is 1. The third-order valence-corrected chi connectivity index (χ3v) is 4.68. The third-order valence-electron chi connectivity index (χ3n) is 4.68. The molecule has 1 aliphatic rings. The number of morpholine rings is 1. The number of amides is 1. The van der Waals surface area contributed by atoms with Crippen LogP contribution in [0.2, 0.25) is 0 Å². The Kier molecular flexibility index (Phi) is 9.49. The van der Waals surface area contributed by atoms with Gasteiger partial charge in [-0.2, -0.15) is 0 Å². The Morgan fingerprint density at radius 1 is 1.38 bits per heavy atom. The number of hydrogen-bond acceptors (Lipinski definition) is 5. The van der Waals surface area contributed by atoms with E-state index in [4.69, 9.17) is 9.47 Å². The van der Waals surface area contributed by atoms with Crippen LogP contribution in [0.15, 0.2) is 24.3 Å². The maximum absolute atomic E-state index is 13.6. The van der Waals surface area contributed by atoms with Gasteiger partial charge < -0.3 is 19.5 Å². The lowest BCUT2D eigenvalue weighted by molar-refractivity contribution is -0.0631. The molecule has 1 fully saturated rings. The number of hydrogen-bond donors (Lipinski definition) is 1. The Bertz CT molecular complexity index is 641. The van der Waals surface area contributed by atoms with E-state index in [-0.39, 0.29) is 24.0 Å². The minimum absolute atomic E-state index is 0.0838. The molecule has 0 bridgehead atoms. The van der Waals surface area contributed by atoms with Crippen molar-refractivity contribution < 1.29 is 23.8 Å². The summed E-state index contributed by atoms with van der Waals surface area (Å²) in [6.07, 6.45) is -0.629. The van der Waals surface area contributed by atoms with Gasteiger partial charge in [0.25, 0.3) is 5.91 Å². The van der Waals surface area contributed by atoms with Crippen molar-refractivity contribution in [2.45, 2.75) is 46.0 Å². The molecule has 0 aliphatic carbocycles. The first-order valence-corrected chi connectivity index (χ1v) is 10.4. The SMILES string of the molecule is CC(C)CN(C[C@@H]1CN(C[C@H](O)COC(C)C)CCO1)C(=O)c1cccc(F)c1. The summed E-state index contributed by atoms with van der Waals surface area (Å²) in [5.74, 6) is -0.329. The monoisotopic (exact) mass is 410 g/mol. The van der Waals surface area contributed by atoms with Gasteiger partial charge in [-0.15, -0.1) is 0 Å². The molecular formula is C22H35FN2O4. The Balaban J connectivity index is 1.96. The van der Waals surface area contributed by atoms with Gasteiger partial charge in [0.2, 0.25) is 0 Å². The molecule has 29 heavy (non-hydrogen) atoms. The predicted molar refractivity (Wildman–Crippen MR) is 110 cm³/mol. The average molecular weight is 411 g/mol. The van der Waals surface area contributed by atoms with E-state index in [2.05, 4.69) is 4.90 Å². The van der Waals surface area contributed by atoms with Crippen molar-refractivity contribution >= 4 is 5.91 Å². The second kappa shape index (κ2) is 11.6. The van der Waals surface area contributed by atoms with Gasteiger partial charge in [-0.25, -0.2) is 4.39 Å². The van der Waals surface area contributed by atoms with Crippen LogP contribution in [0.3, 0.4) is 0 Å². The summed E-state index contributed by atoms with van der Waals surface area (Å²) in [5.41, 5.74) is 0.347. The smallest absolute Gasteiger partial charge is 0.254 e. The van der Waals surface area contributed by atoms with Crippen molar-refractivity contribution in [3.63, 3.8) is 0 Å². The van der Waals surface area contributed by atoms with Crippen molar-refractivity contribution in [1.82, 2.24) is 9.80 Å². The fourth-order valence-corrected chi connectivity index (χ4v) is 3.44. The molecule has 1 heterocycles. The van der Waals surface area contributed by atoms with Crippen LogP contribution in [0.1, 0.15) is 38.1 Å². The molecule has 1 amide bonds. The normalized spacial score (nSPS) is 19.0. The lowest BCUT2D eigenvalue weighted by Gasteiger charge is -2.37. The second-order valence-corrected chi connectivity index (χ2v) is 8.40. The maximum atomic E-state index is 13.6. The first-order chi connectivity index (χ1) is 13.7. The second-order valence-electron chi connectivity index (χ2n) is 8.40. The zero-order valence-corrected chi connectivity index (χ0v) is 18.0. The first-order valence-electron chi connectivity index (χ1n) is 10.4. The highest BCUT2D eigenvalue weighted by Gasteiger charge is 2.27. The molecule has 0 radical (unpaired) electrons. The molecule has 0 spiro atoms. The fourth-order valence-electron chi connectivity index (χ4n) is 3.44. The van der Waals surface area contributed by atoms with Crippen molar-refractivity contribution in [1.29, 1.82) is 0 Å². The van der Waals surface area contributed by atoms with Gasteiger partial charge in [-0.05, 0) is 38.0 Å². The summed E-state index contributed by atoms with van der Waals surface area (Å²) in [7, 11) is 0. The number of aliphatic hydroxyl groups excluding tert-OH is 1. The summed E-state index contributed by atoms with van der Waals surface area (Å²) in [6, 6.07) is 5.79. The molecular weight excluding hydrogens is 375 g/mol. The number of carbonyl (C=O) groups is 1. The predicted octanol–water partition coefficient (Wildman–Crippen LogP) is 2.41. The largest absolute Gasteiger partial charge is 0.389 e. The molecule has 0 unspecified atom stereocenters. The number of nitrogens with zero attached hydrogens (tertiary/aromatic N) is 2. The van der Waals surface area contributed by atoms with Crippen molar-refractivity contribution in [2.24, 2.45) is 5.92 Å². The number of rotatable bonds is 10. The quantitative estimate of drug-likeness (QED) is 0.642. The minimum Gasteiger partial charge on any atom is -0.389 e. The number of β-amino-alcohol motifs (C(OH)–C–C–N with tert-alkyl or cyclic N) is 1. The van der Waals surface area contributed by atoms with Crippen molar-refractivity contribution in [3.8, 4) is 0 Å². The van der Waals surface area contributed by atoms with E-state index in [9.17, 15) is 14.3 Å². The summed E-state index contributed by atoms with van der Waals surface area (Å²) < 4.78 is 24.9. The molecule has 2 atom stereocenters. The maximum Gasteiger partial charge on any atom is 0.254 e. The summed E-state index contributed by atoms with van der Waals surface area (Å²) in [5, 5.41) is 10.2. The van der Waals surface area contributed by atoms with Gasteiger partial charge in [0.1, 0.15) is 5.82 Å². The molecule has 1 saturated heterocycles. The minimum atomic E-state index is -0.558. The van der Waals surface area contributed by atoms with Gasteiger partial charge in [0, 0.05) is 38.3 Å². The van der Waals surface area contributed by atoms with Crippen LogP contribution in [0.4, 0.5) is 4.39 Å². The number of aliphatic hydroxyl groups is 1. The highest BCUT2D eigenvalue weighted by atomic mass is 19.1. The van der Waals surface area contributed by atoms with E-state index in [1.165, 1.54) is 12.1 Å². The molecule has 7 heteroatoms. The molecule has 2 rings (SSSR count). The molecule has 6 nitrogen and oxygen atoms in total. The third kappa shape index (κ3) is 8.38. The van der Waals surface area contributed by atoms with Crippen LogP contribution < -0.4 is 0 Å². The Morgan fingerprint density at radius 3 is 2.79 bits per heavy atom. The van der Waals surface area contributed by atoms with Gasteiger partial charge in [0.05, 0.1) is 31.5 Å². The fraction of sp³-hybridized carbons (Fsp3) is 0.682. The molecule has 1 aromatic carbocycles. The molecule has 1 aliphatic heterocycles. The Labute approximate surface area is 173 Å². The number of benzene rings is 1. The van der Waals surface area contributed by atoms with E-state index >= 15 is 0 Å². The van der Waals surface area contributed by atoms with Gasteiger partial charge in [0.15, 0.2) is 0 Å². The van der Waals surface area contributed by atoms with E-state index in [1.807, 2.05) is 27.7 Å². The zero-order chi connectivity index (χ0) is 21.4. The van der Waals surface area contributed by atoms with Crippen LogP contribution >= 0.6 is 0 Å². The molecule has 0 saturated carbocycles. The average Bonchev–Trinajstić information content (AvgIpc) is 2.65. The Morgan fingerprint density at radius 2 is 2.14 bits per heavy atom. The topological polar surface area (TPSA) is 62.2 Å². The summed E-state index contributed by atoms with van der Waals surface area (Å²) in [4.78, 5) is 16.8. The lowest BCUT2D eigenvalue weighted by atomic mass is 10.1.